The number of rotatable bonds is 7. The van der Waals surface area contributed by atoms with Crippen LogP contribution in [-0.2, 0) is 9.47 Å². The molecule has 0 aromatic heterocycles. The maximum atomic E-state index is 14.2. The molecule has 0 unspecified atom stereocenters. The van der Waals surface area contributed by atoms with Crippen molar-refractivity contribution in [1.29, 1.82) is 0 Å². The molecule has 2 rings (SSSR count). The summed E-state index contributed by atoms with van der Waals surface area (Å²) in [6.07, 6.45) is 0.389. The molecule has 1 aromatic carbocycles. The Kier molecular flexibility index (Phi) is 6.96. The highest BCUT2D eigenvalue weighted by Crippen LogP contribution is 2.20. The van der Waals surface area contributed by atoms with Gasteiger partial charge >= 0.3 is 0 Å². The maximum absolute atomic E-state index is 14.2. The van der Waals surface area contributed by atoms with Crippen LogP contribution in [0.15, 0.2) is 18.2 Å². The number of benzene rings is 1. The van der Waals surface area contributed by atoms with E-state index < -0.39 is 11.7 Å². The van der Waals surface area contributed by atoms with Crippen molar-refractivity contribution in [2.24, 2.45) is 0 Å². The molecule has 1 amide bonds. The van der Waals surface area contributed by atoms with Crippen LogP contribution < -0.4 is 10.1 Å². The molecule has 24 heavy (non-hydrogen) atoms. The van der Waals surface area contributed by atoms with E-state index in [1.54, 1.807) is 6.07 Å². The van der Waals surface area contributed by atoms with Gasteiger partial charge in [-0.3, -0.25) is 4.79 Å². The van der Waals surface area contributed by atoms with Crippen LogP contribution in [0.2, 0.25) is 0 Å². The van der Waals surface area contributed by atoms with Crippen LogP contribution in [0.4, 0.5) is 4.39 Å². The van der Waals surface area contributed by atoms with Gasteiger partial charge in [-0.05, 0) is 32.6 Å². The summed E-state index contributed by atoms with van der Waals surface area (Å²) in [5.41, 5.74) is -0.0344. The number of hydrogen-bond acceptors (Lipinski definition) is 5. The predicted molar refractivity (Wildman–Crippen MR) is 87.9 cm³/mol. The largest absolute Gasteiger partial charge is 0.494 e. The lowest BCUT2D eigenvalue weighted by molar-refractivity contribution is -0.0691. The molecule has 1 heterocycles. The molecule has 0 bridgehead atoms. The second-order valence-electron chi connectivity index (χ2n) is 5.98. The minimum absolute atomic E-state index is 0.0344. The van der Waals surface area contributed by atoms with Crippen LogP contribution >= 0.6 is 0 Å². The van der Waals surface area contributed by atoms with Crippen LogP contribution in [0.1, 0.15) is 16.8 Å². The normalized spacial score (nSPS) is 20.9. The number of nitrogens with zero attached hydrogens (tertiary/aromatic N) is 1. The molecule has 6 nitrogen and oxygen atoms in total. The molecular formula is C17H25FN2O4. The number of hydrogen-bond donors (Lipinski definition) is 1. The Bertz CT molecular complexity index is 553. The van der Waals surface area contributed by atoms with E-state index in [-0.39, 0.29) is 23.5 Å². The fourth-order valence-electron chi connectivity index (χ4n) is 2.52. The summed E-state index contributed by atoms with van der Waals surface area (Å²) in [4.78, 5) is 14.4. The maximum Gasteiger partial charge on any atom is 0.254 e. The molecule has 0 saturated carbocycles. The molecule has 0 spiro atoms. The summed E-state index contributed by atoms with van der Waals surface area (Å²) in [5.74, 6) is -1.08. The first kappa shape index (κ1) is 18.6. The number of halogens is 1. The van der Waals surface area contributed by atoms with E-state index >= 15 is 0 Å². The van der Waals surface area contributed by atoms with Gasteiger partial charge in [0.1, 0.15) is 6.10 Å². The van der Waals surface area contributed by atoms with Crippen LogP contribution in [0.25, 0.3) is 0 Å². The van der Waals surface area contributed by atoms with Crippen molar-refractivity contribution in [1.82, 2.24) is 10.2 Å². The van der Waals surface area contributed by atoms with Gasteiger partial charge in [-0.15, -0.1) is 0 Å². The highest BCUT2D eigenvalue weighted by Gasteiger charge is 2.29. The highest BCUT2D eigenvalue weighted by molar-refractivity contribution is 5.95. The Labute approximate surface area is 141 Å². The summed E-state index contributed by atoms with van der Waals surface area (Å²) >= 11 is 0. The highest BCUT2D eigenvalue weighted by atomic mass is 19.1. The van der Waals surface area contributed by atoms with Crippen molar-refractivity contribution in [2.45, 2.75) is 18.6 Å². The first-order valence-electron chi connectivity index (χ1n) is 8.00. The first-order chi connectivity index (χ1) is 11.5. The van der Waals surface area contributed by atoms with Crippen LogP contribution in [0.3, 0.4) is 0 Å². The van der Waals surface area contributed by atoms with Crippen LogP contribution in [0, 0.1) is 5.82 Å². The zero-order chi connectivity index (χ0) is 17.5. The minimum atomic E-state index is -0.658. The summed E-state index contributed by atoms with van der Waals surface area (Å²) in [7, 11) is 5.30. The zero-order valence-electron chi connectivity index (χ0n) is 14.4. The third-order valence-corrected chi connectivity index (χ3v) is 3.92. The quantitative estimate of drug-likeness (QED) is 0.811. The van der Waals surface area contributed by atoms with E-state index in [0.29, 0.717) is 26.2 Å². The molecule has 0 aliphatic carbocycles. The lowest BCUT2D eigenvalue weighted by Gasteiger charge is -2.32. The fourth-order valence-corrected chi connectivity index (χ4v) is 2.52. The van der Waals surface area contributed by atoms with Gasteiger partial charge in [-0.1, -0.05) is 6.07 Å². The van der Waals surface area contributed by atoms with Gasteiger partial charge in [-0.25, -0.2) is 4.39 Å². The lowest BCUT2D eigenvalue weighted by atomic mass is 10.0. The zero-order valence-corrected chi connectivity index (χ0v) is 14.4. The average Bonchev–Trinajstić information content (AvgIpc) is 2.56. The fraction of sp³-hybridized carbons (Fsp3) is 0.588. The van der Waals surface area contributed by atoms with Crippen molar-refractivity contribution in [3.8, 4) is 5.75 Å². The molecule has 1 saturated heterocycles. The second kappa shape index (κ2) is 8.96. The van der Waals surface area contributed by atoms with Crippen molar-refractivity contribution in [3.63, 3.8) is 0 Å². The van der Waals surface area contributed by atoms with Gasteiger partial charge in [0, 0.05) is 13.2 Å². The number of amides is 1. The molecule has 7 heteroatoms. The van der Waals surface area contributed by atoms with Gasteiger partial charge in [0.15, 0.2) is 11.6 Å². The summed E-state index contributed by atoms with van der Waals surface area (Å²) in [6, 6.07) is 4.30. The first-order valence-corrected chi connectivity index (χ1v) is 8.00. The topological polar surface area (TPSA) is 60.0 Å². The monoisotopic (exact) mass is 340 g/mol. The average molecular weight is 340 g/mol. The number of nitrogens with one attached hydrogen (secondary N) is 1. The number of ether oxygens (including phenoxy) is 3. The van der Waals surface area contributed by atoms with Gasteiger partial charge in [0.25, 0.3) is 5.91 Å². The van der Waals surface area contributed by atoms with E-state index in [1.807, 2.05) is 19.0 Å². The minimum Gasteiger partial charge on any atom is -0.494 e. The van der Waals surface area contributed by atoms with Crippen molar-refractivity contribution in [2.75, 3.05) is 47.6 Å². The van der Waals surface area contributed by atoms with E-state index in [0.717, 1.165) is 6.54 Å². The van der Waals surface area contributed by atoms with Crippen molar-refractivity contribution >= 4 is 5.91 Å². The number of likely N-dealkylation sites (N-methyl/N-ethyl adjacent to an activating group) is 1. The SMILES string of the molecule is COc1cccc(C(=O)N[C@@H]2CCOC[C@H]2OCCN(C)C)c1F. The predicted octanol–water partition coefficient (Wildman–Crippen LogP) is 1.30. The standard InChI is InChI=1S/C17H25FN2O4/c1-20(2)8-10-24-15-11-23-9-7-13(15)19-17(21)12-5-4-6-14(22-3)16(12)18/h4-6,13,15H,7-11H2,1-3H3,(H,19,21)/t13-,15-/m1/s1. The second-order valence-corrected chi connectivity index (χ2v) is 5.98. The molecule has 1 fully saturated rings. The van der Waals surface area contributed by atoms with Crippen LogP contribution in [-0.4, -0.2) is 70.5 Å². The Hall–Kier alpha value is -1.70. The lowest BCUT2D eigenvalue weighted by Crippen LogP contribution is -2.50. The van der Waals surface area contributed by atoms with Gasteiger partial charge < -0.3 is 24.4 Å². The summed E-state index contributed by atoms with van der Waals surface area (Å²) in [6.45, 7) is 2.28. The molecule has 1 aromatic rings. The van der Waals surface area contributed by atoms with Gasteiger partial charge in [0.05, 0.1) is 31.9 Å². The van der Waals surface area contributed by atoms with Crippen molar-refractivity contribution in [3.05, 3.63) is 29.6 Å². The van der Waals surface area contributed by atoms with Gasteiger partial charge in [0.2, 0.25) is 0 Å². The van der Waals surface area contributed by atoms with E-state index in [2.05, 4.69) is 5.32 Å². The Morgan fingerprint density at radius 2 is 2.25 bits per heavy atom. The van der Waals surface area contributed by atoms with E-state index in [9.17, 15) is 9.18 Å². The molecule has 1 aliphatic rings. The molecule has 2 atom stereocenters. The third kappa shape index (κ3) is 4.90. The van der Waals surface area contributed by atoms with E-state index in [1.165, 1.54) is 19.2 Å². The summed E-state index contributed by atoms with van der Waals surface area (Å²) < 4.78 is 30.4. The molecule has 1 N–H and O–H groups in total. The molecule has 134 valence electrons. The van der Waals surface area contributed by atoms with Crippen molar-refractivity contribution < 1.29 is 23.4 Å². The Morgan fingerprint density at radius 1 is 1.46 bits per heavy atom. The van der Waals surface area contributed by atoms with Crippen LogP contribution in [0.5, 0.6) is 5.75 Å². The molecule has 0 radical (unpaired) electrons. The Balaban J connectivity index is 2.00. The summed E-state index contributed by atoms with van der Waals surface area (Å²) in [5, 5.41) is 2.86. The van der Waals surface area contributed by atoms with Gasteiger partial charge in [-0.2, -0.15) is 0 Å². The van der Waals surface area contributed by atoms with E-state index in [4.69, 9.17) is 14.2 Å². The molecular weight excluding hydrogens is 315 g/mol. The number of carbonyl (C=O) groups is 1. The third-order valence-electron chi connectivity index (χ3n) is 3.92. The number of methoxy groups -OCH3 is 1. The number of carbonyl (C=O) groups excluding carboxylic acids is 1. The smallest absolute Gasteiger partial charge is 0.254 e. The Morgan fingerprint density at radius 3 is 2.96 bits per heavy atom. The molecule has 1 aliphatic heterocycles.